The molecular weight excluding hydrogens is 921 g/mol. The van der Waals surface area contributed by atoms with E-state index in [1.807, 2.05) is 0 Å². The van der Waals surface area contributed by atoms with Crippen molar-refractivity contribution in [2.75, 3.05) is 26.4 Å². The number of unbranched alkanes of at least 4 members (excludes halogenated alkanes) is 33. The maximum atomic E-state index is 12.9. The number of carbonyl (C=O) groups excluding carboxylic acids is 1. The van der Waals surface area contributed by atoms with Crippen molar-refractivity contribution in [2.45, 2.75) is 301 Å². The summed E-state index contributed by atoms with van der Waals surface area (Å²) in [5.74, 6) is -0.403. The highest BCUT2D eigenvalue weighted by Gasteiger charge is 2.48. The Labute approximate surface area is 434 Å². The molecule has 0 bridgehead atoms. The van der Waals surface area contributed by atoms with Gasteiger partial charge in [0.25, 0.3) is 0 Å². The minimum atomic E-state index is -5.07. The molecule has 6 atom stereocenters. The van der Waals surface area contributed by atoms with E-state index in [0.717, 1.165) is 51.4 Å². The molecule has 13 heteroatoms. The molecule has 0 amide bonds. The molecule has 0 aliphatic carbocycles. The maximum Gasteiger partial charge on any atom is 0.397 e. The first-order valence-electron chi connectivity index (χ1n) is 29.2. The Morgan fingerprint density at radius 1 is 0.535 bits per heavy atom. The first-order valence-corrected chi connectivity index (χ1v) is 30.6. The number of rotatable bonds is 52. The summed E-state index contributed by atoms with van der Waals surface area (Å²) in [6, 6.07) is 0. The minimum Gasteiger partial charge on any atom is -0.457 e. The normalized spacial score (nSPS) is 19.2. The summed E-state index contributed by atoms with van der Waals surface area (Å²) in [5, 5.41) is 30.8. The summed E-state index contributed by atoms with van der Waals surface area (Å²) >= 11 is 0. The van der Waals surface area contributed by atoms with E-state index < -0.39 is 59.8 Å². The topological polar surface area (TPSA) is 178 Å². The van der Waals surface area contributed by atoms with E-state index >= 15 is 0 Å². The van der Waals surface area contributed by atoms with Gasteiger partial charge in [-0.3, -0.25) is 9.35 Å². The van der Waals surface area contributed by atoms with Crippen molar-refractivity contribution in [3.63, 3.8) is 0 Å². The molecule has 418 valence electrons. The van der Waals surface area contributed by atoms with Crippen molar-refractivity contribution in [1.29, 1.82) is 0 Å². The van der Waals surface area contributed by atoms with E-state index in [4.69, 9.17) is 18.9 Å². The third-order valence-corrected chi connectivity index (χ3v) is 14.0. The van der Waals surface area contributed by atoms with E-state index in [9.17, 15) is 33.1 Å². The van der Waals surface area contributed by atoms with Gasteiger partial charge in [-0.15, -0.1) is 0 Å². The summed E-state index contributed by atoms with van der Waals surface area (Å²) in [6.45, 7) is 4.01. The highest BCUT2D eigenvalue weighted by molar-refractivity contribution is 7.80. The second kappa shape index (κ2) is 49.2. The van der Waals surface area contributed by atoms with Crippen molar-refractivity contribution < 1.29 is 56.2 Å². The van der Waals surface area contributed by atoms with Crippen molar-refractivity contribution in [3.05, 3.63) is 36.5 Å². The third-order valence-electron chi connectivity index (χ3n) is 13.5. The van der Waals surface area contributed by atoms with Crippen LogP contribution in [0.15, 0.2) is 36.5 Å². The highest BCUT2D eigenvalue weighted by atomic mass is 32.3. The summed E-state index contributed by atoms with van der Waals surface area (Å²) in [6.07, 6.45) is 51.9. The van der Waals surface area contributed by atoms with Crippen molar-refractivity contribution in [3.8, 4) is 0 Å². The standard InChI is InChI=1S/C58H108O12S/c1-3-5-7-9-11-13-15-17-19-21-23-24-25-26-27-28-29-30-32-34-36-38-40-42-44-46-48-66-50-52(51-67-58-56(62)57(70-71(63,64)65)55(61)53(49-59)69-58)68-54(60)47-45-43-41-39-37-35-33-31-22-20-18-16-14-12-10-8-6-4-2/h14,16,20-23,52-53,55-59,61-62H,3-13,15,17-19,24-51H2,1-2H3,(H,63,64,65)/b16-14-,22-20-,23-21-. The van der Waals surface area contributed by atoms with Gasteiger partial charge >= 0.3 is 16.4 Å². The van der Waals surface area contributed by atoms with Gasteiger partial charge in [0.1, 0.15) is 30.5 Å². The Hall–Kier alpha value is -1.68. The van der Waals surface area contributed by atoms with E-state index in [1.165, 1.54) is 186 Å². The van der Waals surface area contributed by atoms with Crippen LogP contribution in [0.25, 0.3) is 0 Å². The van der Waals surface area contributed by atoms with Crippen LogP contribution in [0, 0.1) is 0 Å². The highest BCUT2D eigenvalue weighted by Crippen LogP contribution is 2.26. The average molecular weight is 1030 g/mol. The molecule has 1 aliphatic heterocycles. The molecule has 0 radical (unpaired) electrons. The van der Waals surface area contributed by atoms with Gasteiger partial charge in [0.05, 0.1) is 19.8 Å². The molecule has 0 aromatic carbocycles. The van der Waals surface area contributed by atoms with E-state index in [2.05, 4.69) is 54.5 Å². The molecule has 1 fully saturated rings. The van der Waals surface area contributed by atoms with Crippen LogP contribution in [0.1, 0.15) is 264 Å². The van der Waals surface area contributed by atoms with Crippen LogP contribution in [0.5, 0.6) is 0 Å². The summed E-state index contributed by atoms with van der Waals surface area (Å²) in [7, 11) is -5.07. The molecule has 6 unspecified atom stereocenters. The fourth-order valence-electron chi connectivity index (χ4n) is 9.05. The number of carbonyl (C=O) groups is 1. The number of aliphatic hydroxyl groups is 3. The first kappa shape index (κ1) is 67.3. The Kier molecular flexibility index (Phi) is 46.7. The van der Waals surface area contributed by atoms with Gasteiger partial charge in [-0.1, -0.05) is 224 Å². The van der Waals surface area contributed by atoms with E-state index in [1.54, 1.807) is 0 Å². The van der Waals surface area contributed by atoms with Crippen LogP contribution < -0.4 is 0 Å². The number of aliphatic hydroxyl groups excluding tert-OH is 3. The lowest BCUT2D eigenvalue weighted by molar-refractivity contribution is -0.301. The monoisotopic (exact) mass is 1030 g/mol. The predicted molar refractivity (Wildman–Crippen MR) is 290 cm³/mol. The lowest BCUT2D eigenvalue weighted by atomic mass is 9.99. The van der Waals surface area contributed by atoms with Gasteiger partial charge in [0.2, 0.25) is 0 Å². The fraction of sp³-hybridized carbons (Fsp3) is 0.879. The van der Waals surface area contributed by atoms with E-state index in [-0.39, 0.29) is 19.6 Å². The van der Waals surface area contributed by atoms with Gasteiger partial charge < -0.3 is 34.3 Å². The third kappa shape index (κ3) is 42.3. The number of hydrogen-bond acceptors (Lipinski definition) is 11. The quantitative estimate of drug-likeness (QED) is 0.0196. The van der Waals surface area contributed by atoms with Crippen LogP contribution in [0.2, 0.25) is 0 Å². The first-order chi connectivity index (χ1) is 34.6. The predicted octanol–water partition coefficient (Wildman–Crippen LogP) is 14.5. The van der Waals surface area contributed by atoms with Crippen molar-refractivity contribution in [2.24, 2.45) is 0 Å². The summed E-state index contributed by atoms with van der Waals surface area (Å²) in [5.41, 5.74) is 0. The average Bonchev–Trinajstić information content (AvgIpc) is 3.35. The minimum absolute atomic E-state index is 0.0351. The van der Waals surface area contributed by atoms with Crippen LogP contribution in [-0.4, -0.2) is 97.5 Å². The zero-order chi connectivity index (χ0) is 51.7. The molecule has 4 N–H and O–H groups in total. The van der Waals surface area contributed by atoms with E-state index in [0.29, 0.717) is 13.0 Å². The molecule has 0 aromatic heterocycles. The Morgan fingerprint density at radius 2 is 0.930 bits per heavy atom. The van der Waals surface area contributed by atoms with Gasteiger partial charge in [-0.05, 0) is 70.6 Å². The molecule has 71 heavy (non-hydrogen) atoms. The Morgan fingerprint density at radius 3 is 1.37 bits per heavy atom. The van der Waals surface area contributed by atoms with Gasteiger partial charge in [0, 0.05) is 13.0 Å². The second-order valence-electron chi connectivity index (χ2n) is 20.2. The molecule has 0 saturated carbocycles. The zero-order valence-corrected chi connectivity index (χ0v) is 46.1. The van der Waals surface area contributed by atoms with Crippen molar-refractivity contribution >= 4 is 16.4 Å². The lowest BCUT2D eigenvalue weighted by Crippen LogP contribution is -2.60. The molecule has 1 saturated heterocycles. The number of esters is 1. The SMILES string of the molecule is CCCCCC/C=C\C/C=C\CCCCCCCCCC(=O)OC(COCCCCCCCCCCCCCCCC/C=C\CCCCCCCCCC)COC1OC(CO)C(O)C(OS(=O)(=O)O)C1O. The van der Waals surface area contributed by atoms with Crippen LogP contribution in [0.4, 0.5) is 0 Å². The molecule has 1 heterocycles. The van der Waals surface area contributed by atoms with Gasteiger partial charge in [-0.2, -0.15) is 8.42 Å². The molecule has 0 spiro atoms. The number of allylic oxidation sites excluding steroid dienone is 6. The Balaban J connectivity index is 2.27. The number of hydrogen-bond donors (Lipinski definition) is 4. The van der Waals surface area contributed by atoms with Crippen LogP contribution >= 0.6 is 0 Å². The van der Waals surface area contributed by atoms with Gasteiger partial charge in [0.15, 0.2) is 6.29 Å². The molecule has 1 rings (SSSR count). The summed E-state index contributed by atoms with van der Waals surface area (Å²) in [4.78, 5) is 12.9. The van der Waals surface area contributed by atoms with Crippen molar-refractivity contribution in [1.82, 2.24) is 0 Å². The van der Waals surface area contributed by atoms with Gasteiger partial charge in [-0.25, -0.2) is 4.18 Å². The molecule has 0 aromatic rings. The maximum absolute atomic E-state index is 12.9. The smallest absolute Gasteiger partial charge is 0.397 e. The Bertz CT molecular complexity index is 1370. The van der Waals surface area contributed by atoms with Crippen LogP contribution in [0.3, 0.4) is 0 Å². The largest absolute Gasteiger partial charge is 0.457 e. The van der Waals surface area contributed by atoms with Crippen LogP contribution in [-0.2, 0) is 38.3 Å². The molecule has 1 aliphatic rings. The zero-order valence-electron chi connectivity index (χ0n) is 45.3. The second-order valence-corrected chi connectivity index (χ2v) is 21.3. The lowest BCUT2D eigenvalue weighted by Gasteiger charge is -2.41. The summed E-state index contributed by atoms with van der Waals surface area (Å²) < 4.78 is 59.4. The number of ether oxygens (including phenoxy) is 4. The molecular formula is C58H108O12S. The fourth-order valence-corrected chi connectivity index (χ4v) is 9.56. The molecule has 12 nitrogen and oxygen atoms in total.